The van der Waals surface area contributed by atoms with Crippen molar-refractivity contribution in [1.29, 1.82) is 0 Å². The predicted molar refractivity (Wildman–Crippen MR) is 68.0 cm³/mol. The fourth-order valence-electron chi connectivity index (χ4n) is 1.99. The van der Waals surface area contributed by atoms with Gasteiger partial charge in [0, 0.05) is 11.8 Å². The van der Waals surface area contributed by atoms with E-state index in [1.54, 1.807) is 38.7 Å². The van der Waals surface area contributed by atoms with Crippen LogP contribution in [0.5, 0.6) is 5.75 Å². The molecule has 2 rings (SSSR count). The molecule has 1 atom stereocenters. The van der Waals surface area contributed by atoms with Crippen LogP contribution in [0.15, 0.2) is 36.7 Å². The molecule has 1 heterocycles. The molecule has 19 heavy (non-hydrogen) atoms. The third-order valence-electron chi connectivity index (χ3n) is 2.91. The molecule has 0 fully saturated rings. The van der Waals surface area contributed by atoms with Gasteiger partial charge in [0.1, 0.15) is 5.75 Å². The molecule has 1 aromatic carbocycles. The van der Waals surface area contributed by atoms with E-state index in [0.717, 1.165) is 11.6 Å². The average Bonchev–Trinajstić information content (AvgIpc) is 2.44. The molecule has 3 nitrogen and oxygen atoms in total. The lowest BCUT2D eigenvalue weighted by Gasteiger charge is -2.19. The van der Waals surface area contributed by atoms with E-state index in [1.165, 1.54) is 6.07 Å². The quantitative estimate of drug-likeness (QED) is 0.922. The van der Waals surface area contributed by atoms with Gasteiger partial charge < -0.3 is 10.1 Å². The molecule has 0 spiro atoms. The summed E-state index contributed by atoms with van der Waals surface area (Å²) in [7, 11) is 3.28. The number of nitrogens with zero attached hydrogens (tertiary/aromatic N) is 1. The Hall–Kier alpha value is -2.01. The number of halogens is 2. The highest BCUT2D eigenvalue weighted by Gasteiger charge is 2.17. The third kappa shape index (κ3) is 2.71. The van der Waals surface area contributed by atoms with Crippen LogP contribution in [0, 0.1) is 11.6 Å². The minimum atomic E-state index is -0.870. The van der Waals surface area contributed by atoms with Crippen LogP contribution in [0.25, 0.3) is 0 Å². The van der Waals surface area contributed by atoms with Crippen LogP contribution in [0.3, 0.4) is 0 Å². The van der Waals surface area contributed by atoms with E-state index in [4.69, 9.17) is 4.74 Å². The molecule has 0 aliphatic heterocycles. The maximum atomic E-state index is 13.3. The van der Waals surface area contributed by atoms with Crippen molar-refractivity contribution in [1.82, 2.24) is 10.3 Å². The molecule has 0 aliphatic carbocycles. The number of hydrogen-bond acceptors (Lipinski definition) is 3. The van der Waals surface area contributed by atoms with Gasteiger partial charge in [-0.2, -0.15) is 0 Å². The zero-order valence-electron chi connectivity index (χ0n) is 10.7. The van der Waals surface area contributed by atoms with Crippen molar-refractivity contribution in [3.05, 3.63) is 59.4 Å². The van der Waals surface area contributed by atoms with E-state index >= 15 is 0 Å². The van der Waals surface area contributed by atoms with Crippen molar-refractivity contribution in [3.8, 4) is 5.75 Å². The Morgan fingerprint density at radius 1 is 1.21 bits per heavy atom. The Morgan fingerprint density at radius 3 is 2.63 bits per heavy atom. The molecule has 0 radical (unpaired) electrons. The number of aromatic nitrogens is 1. The van der Waals surface area contributed by atoms with Gasteiger partial charge in [0.15, 0.2) is 11.6 Å². The molecule has 0 saturated heterocycles. The van der Waals surface area contributed by atoms with Crippen LogP contribution in [-0.2, 0) is 0 Å². The third-order valence-corrected chi connectivity index (χ3v) is 2.91. The van der Waals surface area contributed by atoms with E-state index in [-0.39, 0.29) is 6.04 Å². The Balaban J connectivity index is 2.46. The number of ether oxygens (including phenoxy) is 1. The fourth-order valence-corrected chi connectivity index (χ4v) is 1.99. The Kier molecular flexibility index (Phi) is 4.06. The second kappa shape index (κ2) is 5.75. The molecule has 5 heteroatoms. The summed E-state index contributed by atoms with van der Waals surface area (Å²) < 4.78 is 31.5. The molecule has 100 valence electrons. The van der Waals surface area contributed by atoms with Gasteiger partial charge in [-0.05, 0) is 30.8 Å². The first-order chi connectivity index (χ1) is 9.17. The smallest absolute Gasteiger partial charge is 0.159 e. The SMILES string of the molecule is CNC(c1ccc(F)c(F)c1)c1ccncc1OC. The molecule has 2 aromatic rings. The summed E-state index contributed by atoms with van der Waals surface area (Å²) in [6, 6.07) is 5.31. The van der Waals surface area contributed by atoms with Gasteiger partial charge in [0.25, 0.3) is 0 Å². The van der Waals surface area contributed by atoms with Crippen LogP contribution in [0.1, 0.15) is 17.2 Å². The number of pyridine rings is 1. The summed E-state index contributed by atoms with van der Waals surface area (Å²) in [5, 5.41) is 3.06. The normalized spacial score (nSPS) is 12.2. The van der Waals surface area contributed by atoms with Gasteiger partial charge in [-0.15, -0.1) is 0 Å². The second-order valence-electron chi connectivity index (χ2n) is 4.01. The fraction of sp³-hybridized carbons (Fsp3) is 0.214. The molecular formula is C14H14F2N2O. The maximum Gasteiger partial charge on any atom is 0.159 e. The van der Waals surface area contributed by atoms with Crippen molar-refractivity contribution < 1.29 is 13.5 Å². The first kappa shape index (κ1) is 13.4. The highest BCUT2D eigenvalue weighted by Crippen LogP contribution is 2.29. The van der Waals surface area contributed by atoms with Crippen LogP contribution >= 0.6 is 0 Å². The summed E-state index contributed by atoms with van der Waals surface area (Å²) in [5.41, 5.74) is 1.43. The predicted octanol–water partition coefficient (Wildman–Crippen LogP) is 2.68. The maximum absolute atomic E-state index is 13.3. The lowest BCUT2D eigenvalue weighted by molar-refractivity contribution is 0.403. The summed E-state index contributed by atoms with van der Waals surface area (Å²) in [4.78, 5) is 3.97. The second-order valence-corrected chi connectivity index (χ2v) is 4.01. The largest absolute Gasteiger partial charge is 0.495 e. The van der Waals surface area contributed by atoms with Crippen molar-refractivity contribution in [3.63, 3.8) is 0 Å². The Bertz CT molecular complexity index is 575. The Morgan fingerprint density at radius 2 is 2.00 bits per heavy atom. The standard InChI is InChI=1S/C14H14F2N2O/c1-17-14(9-3-4-11(15)12(16)7-9)10-5-6-18-8-13(10)19-2/h3-8,14,17H,1-2H3. The van der Waals surface area contributed by atoms with E-state index in [2.05, 4.69) is 10.3 Å². The summed E-state index contributed by atoms with van der Waals surface area (Å²) in [6.45, 7) is 0. The zero-order chi connectivity index (χ0) is 13.8. The van der Waals surface area contributed by atoms with E-state index < -0.39 is 11.6 Å². The molecule has 0 saturated carbocycles. The number of benzene rings is 1. The summed E-state index contributed by atoms with van der Waals surface area (Å²) in [6.07, 6.45) is 3.21. The van der Waals surface area contributed by atoms with Crippen molar-refractivity contribution in [2.45, 2.75) is 6.04 Å². The van der Waals surface area contributed by atoms with Gasteiger partial charge in [-0.1, -0.05) is 6.07 Å². The van der Waals surface area contributed by atoms with Gasteiger partial charge in [-0.25, -0.2) is 8.78 Å². The van der Waals surface area contributed by atoms with Gasteiger partial charge in [-0.3, -0.25) is 4.98 Å². The minimum Gasteiger partial charge on any atom is -0.495 e. The molecule has 1 N–H and O–H groups in total. The molecule has 0 aliphatic rings. The topological polar surface area (TPSA) is 34.2 Å². The summed E-state index contributed by atoms with van der Waals surface area (Å²) in [5.74, 6) is -1.14. The van der Waals surface area contributed by atoms with E-state index in [1.807, 2.05) is 0 Å². The van der Waals surface area contributed by atoms with E-state index in [0.29, 0.717) is 11.3 Å². The van der Waals surface area contributed by atoms with Gasteiger partial charge in [0.2, 0.25) is 0 Å². The van der Waals surface area contributed by atoms with Gasteiger partial charge >= 0.3 is 0 Å². The molecule has 0 bridgehead atoms. The van der Waals surface area contributed by atoms with Crippen LogP contribution in [0.4, 0.5) is 8.78 Å². The lowest BCUT2D eigenvalue weighted by Crippen LogP contribution is -2.18. The molecular weight excluding hydrogens is 250 g/mol. The average molecular weight is 264 g/mol. The molecule has 1 aromatic heterocycles. The summed E-state index contributed by atoms with van der Waals surface area (Å²) >= 11 is 0. The minimum absolute atomic E-state index is 0.298. The number of methoxy groups -OCH3 is 1. The highest BCUT2D eigenvalue weighted by molar-refractivity contribution is 5.39. The number of hydrogen-bond donors (Lipinski definition) is 1. The molecule has 0 amide bonds. The lowest BCUT2D eigenvalue weighted by atomic mass is 9.99. The first-order valence-electron chi connectivity index (χ1n) is 5.77. The molecule has 1 unspecified atom stereocenters. The van der Waals surface area contributed by atoms with Crippen molar-refractivity contribution >= 4 is 0 Å². The zero-order valence-corrected chi connectivity index (χ0v) is 10.7. The number of nitrogens with one attached hydrogen (secondary N) is 1. The number of rotatable bonds is 4. The highest BCUT2D eigenvalue weighted by atomic mass is 19.2. The van der Waals surface area contributed by atoms with Crippen molar-refractivity contribution in [2.24, 2.45) is 0 Å². The van der Waals surface area contributed by atoms with Crippen LogP contribution in [0.2, 0.25) is 0 Å². The van der Waals surface area contributed by atoms with Crippen molar-refractivity contribution in [2.75, 3.05) is 14.2 Å². The van der Waals surface area contributed by atoms with Crippen LogP contribution < -0.4 is 10.1 Å². The first-order valence-corrected chi connectivity index (χ1v) is 5.77. The van der Waals surface area contributed by atoms with E-state index in [9.17, 15) is 8.78 Å². The van der Waals surface area contributed by atoms with Crippen LogP contribution in [-0.4, -0.2) is 19.1 Å². The Labute approximate surface area is 110 Å². The van der Waals surface area contributed by atoms with Gasteiger partial charge in [0.05, 0.1) is 19.3 Å². The monoisotopic (exact) mass is 264 g/mol.